The first-order valence-electron chi connectivity index (χ1n) is 11.5. The highest BCUT2D eigenvalue weighted by Crippen LogP contribution is 2.34. The first-order chi connectivity index (χ1) is 17.4. The average Bonchev–Trinajstić information content (AvgIpc) is 3.59. The van der Waals surface area contributed by atoms with Gasteiger partial charge in [-0.15, -0.1) is 13.2 Å². The van der Waals surface area contributed by atoms with E-state index in [1.807, 2.05) is 24.3 Å². The fraction of sp³-hybridized carbons (Fsp3) is 0.192. The number of nitrogens with zero attached hydrogens (tertiary/aromatic N) is 4. The lowest BCUT2D eigenvalue weighted by Gasteiger charge is -2.19. The Labute approximate surface area is 213 Å². The molecule has 10 heteroatoms. The van der Waals surface area contributed by atoms with E-state index in [0.29, 0.717) is 16.5 Å². The van der Waals surface area contributed by atoms with E-state index in [4.69, 9.17) is 10.1 Å². The molecule has 2 aromatic carbocycles. The van der Waals surface area contributed by atoms with Crippen LogP contribution in [0.25, 0.3) is 15.3 Å². The number of thiazole rings is 1. The minimum absolute atomic E-state index is 0.100. The number of aromatic nitrogens is 3. The van der Waals surface area contributed by atoms with Gasteiger partial charge >= 0.3 is 0 Å². The van der Waals surface area contributed by atoms with E-state index in [1.165, 1.54) is 52.1 Å². The zero-order valence-corrected chi connectivity index (χ0v) is 21.2. The summed E-state index contributed by atoms with van der Waals surface area (Å²) in [5.41, 5.74) is 3.21. The number of carbonyl (C=O) groups is 1. The van der Waals surface area contributed by atoms with Gasteiger partial charge in [-0.05, 0) is 55.7 Å². The first kappa shape index (κ1) is 24.1. The van der Waals surface area contributed by atoms with E-state index >= 15 is 0 Å². The van der Waals surface area contributed by atoms with Crippen LogP contribution in [0.5, 0.6) is 0 Å². The number of sulfonamides is 1. The number of para-hydroxylation sites is 1. The van der Waals surface area contributed by atoms with Crippen molar-refractivity contribution >= 4 is 43.3 Å². The molecule has 0 saturated carbocycles. The van der Waals surface area contributed by atoms with Gasteiger partial charge in [0.2, 0.25) is 15.2 Å². The van der Waals surface area contributed by atoms with Crippen molar-refractivity contribution in [2.24, 2.45) is 0 Å². The smallest absolute Gasteiger partial charge is 0.256 e. The van der Waals surface area contributed by atoms with Crippen molar-refractivity contribution in [3.8, 4) is 5.13 Å². The Balaban J connectivity index is 1.43. The summed E-state index contributed by atoms with van der Waals surface area (Å²) < 4.78 is 30.0. The Kier molecular flexibility index (Phi) is 6.57. The predicted octanol–water partition coefficient (Wildman–Crippen LogP) is 4.59. The SMILES string of the molecule is C=CCN(CC=C)S(=O)(=O)c1ccc(C(=O)Nc2c3c(nn2-c2nc4ccccc4s2)CCC3)cc1. The molecule has 2 aromatic heterocycles. The Morgan fingerprint density at radius 3 is 2.50 bits per heavy atom. The highest BCUT2D eigenvalue weighted by Gasteiger charge is 2.27. The highest BCUT2D eigenvalue weighted by molar-refractivity contribution is 7.89. The molecule has 36 heavy (non-hydrogen) atoms. The molecular weight excluding hydrogens is 494 g/mol. The van der Waals surface area contributed by atoms with Crippen molar-refractivity contribution in [2.75, 3.05) is 18.4 Å². The monoisotopic (exact) mass is 519 g/mol. The molecule has 0 aliphatic heterocycles. The molecule has 8 nitrogen and oxygen atoms in total. The third-order valence-electron chi connectivity index (χ3n) is 6.02. The van der Waals surface area contributed by atoms with Crippen LogP contribution in [0.15, 0.2) is 78.7 Å². The van der Waals surface area contributed by atoms with Gasteiger partial charge in [0.25, 0.3) is 5.91 Å². The van der Waals surface area contributed by atoms with Crippen LogP contribution < -0.4 is 5.32 Å². The maximum Gasteiger partial charge on any atom is 0.256 e. The molecule has 0 radical (unpaired) electrons. The highest BCUT2D eigenvalue weighted by atomic mass is 32.2. The summed E-state index contributed by atoms with van der Waals surface area (Å²) in [5, 5.41) is 8.45. The standard InChI is InChI=1S/C26H25N5O3S2/c1-3-16-30(17-4-2)36(33,34)19-14-12-18(13-15-19)25(32)28-24-20-8-7-10-21(20)29-31(24)26-27-22-9-5-6-11-23(22)35-26/h3-6,9,11-15H,1-2,7-8,10,16-17H2,(H,28,32). The van der Waals surface area contributed by atoms with E-state index in [0.717, 1.165) is 40.7 Å². The van der Waals surface area contributed by atoms with Crippen molar-refractivity contribution < 1.29 is 13.2 Å². The molecule has 0 fully saturated rings. The van der Waals surface area contributed by atoms with Gasteiger partial charge in [0.05, 0.1) is 20.8 Å². The lowest BCUT2D eigenvalue weighted by atomic mass is 10.2. The Hall–Kier alpha value is -3.60. The van der Waals surface area contributed by atoms with Gasteiger partial charge in [0.1, 0.15) is 5.82 Å². The topological polar surface area (TPSA) is 97.2 Å². The zero-order chi connectivity index (χ0) is 25.3. The largest absolute Gasteiger partial charge is 0.306 e. The maximum atomic E-state index is 13.2. The van der Waals surface area contributed by atoms with E-state index in [1.54, 1.807) is 4.68 Å². The van der Waals surface area contributed by atoms with Crippen LogP contribution >= 0.6 is 11.3 Å². The van der Waals surface area contributed by atoms with Crippen LogP contribution in [0.4, 0.5) is 5.82 Å². The maximum absolute atomic E-state index is 13.2. The second kappa shape index (κ2) is 9.81. The van der Waals surface area contributed by atoms with E-state index in [9.17, 15) is 13.2 Å². The van der Waals surface area contributed by atoms with Crippen molar-refractivity contribution in [1.29, 1.82) is 0 Å². The number of hydrogen-bond acceptors (Lipinski definition) is 6. The van der Waals surface area contributed by atoms with Gasteiger partial charge in [-0.1, -0.05) is 35.6 Å². The van der Waals surface area contributed by atoms with Gasteiger partial charge in [0, 0.05) is 24.2 Å². The number of carbonyl (C=O) groups excluding carboxylic acids is 1. The Morgan fingerprint density at radius 2 is 1.81 bits per heavy atom. The van der Waals surface area contributed by atoms with Crippen molar-refractivity contribution in [3.05, 3.63) is 90.7 Å². The molecule has 0 bridgehead atoms. The van der Waals surface area contributed by atoms with Gasteiger partial charge in [-0.25, -0.2) is 13.4 Å². The van der Waals surface area contributed by atoms with Gasteiger partial charge in [-0.2, -0.15) is 14.1 Å². The molecule has 184 valence electrons. The molecule has 0 spiro atoms. The summed E-state index contributed by atoms with van der Waals surface area (Å²) in [6.45, 7) is 7.58. The number of rotatable bonds is 9. The lowest BCUT2D eigenvalue weighted by molar-refractivity contribution is 0.102. The predicted molar refractivity (Wildman–Crippen MR) is 142 cm³/mol. The average molecular weight is 520 g/mol. The molecular formula is C26H25N5O3S2. The third-order valence-corrected chi connectivity index (χ3v) is 8.88. The molecule has 0 atom stereocenters. The van der Waals surface area contributed by atoms with E-state index in [2.05, 4.69) is 18.5 Å². The van der Waals surface area contributed by atoms with Crippen LogP contribution in [0.3, 0.4) is 0 Å². The number of amides is 1. The van der Waals surface area contributed by atoms with Gasteiger partial charge in [-0.3, -0.25) is 4.79 Å². The number of aryl methyl sites for hydroxylation is 1. The normalized spacial score (nSPS) is 13.1. The van der Waals surface area contributed by atoms with Crippen LogP contribution in [0, 0.1) is 0 Å². The van der Waals surface area contributed by atoms with Crippen LogP contribution in [-0.4, -0.2) is 46.5 Å². The molecule has 1 aliphatic rings. The molecule has 1 N–H and O–H groups in total. The second-order valence-electron chi connectivity index (χ2n) is 8.38. The fourth-order valence-corrected chi connectivity index (χ4v) is 6.58. The van der Waals surface area contributed by atoms with Crippen LogP contribution in [0.1, 0.15) is 28.0 Å². The molecule has 4 aromatic rings. The van der Waals surface area contributed by atoms with E-state index in [-0.39, 0.29) is 23.9 Å². The summed E-state index contributed by atoms with van der Waals surface area (Å²) in [7, 11) is -3.74. The minimum atomic E-state index is -3.74. The number of anilines is 1. The summed E-state index contributed by atoms with van der Waals surface area (Å²) in [5.74, 6) is 0.274. The quantitative estimate of drug-likeness (QED) is 0.326. The summed E-state index contributed by atoms with van der Waals surface area (Å²) in [4.78, 5) is 18.0. The molecule has 0 unspecified atom stereocenters. The van der Waals surface area contributed by atoms with Gasteiger partial charge < -0.3 is 5.32 Å². The van der Waals surface area contributed by atoms with Crippen molar-refractivity contribution in [1.82, 2.24) is 19.1 Å². The first-order valence-corrected chi connectivity index (χ1v) is 13.8. The Morgan fingerprint density at radius 1 is 1.08 bits per heavy atom. The molecule has 0 saturated heterocycles. The Bertz CT molecular complexity index is 1530. The zero-order valence-electron chi connectivity index (χ0n) is 19.6. The van der Waals surface area contributed by atoms with Crippen molar-refractivity contribution in [2.45, 2.75) is 24.2 Å². The lowest BCUT2D eigenvalue weighted by Crippen LogP contribution is -2.31. The number of fused-ring (bicyclic) bond motifs is 2. The van der Waals surface area contributed by atoms with Gasteiger partial charge in [0.15, 0.2) is 0 Å². The molecule has 5 rings (SSSR count). The second-order valence-corrected chi connectivity index (χ2v) is 11.3. The number of nitrogens with one attached hydrogen (secondary N) is 1. The summed E-state index contributed by atoms with van der Waals surface area (Å²) in [6.07, 6.45) is 5.72. The van der Waals surface area contributed by atoms with Crippen LogP contribution in [-0.2, 0) is 22.9 Å². The summed E-state index contributed by atoms with van der Waals surface area (Å²) >= 11 is 1.51. The minimum Gasteiger partial charge on any atom is -0.306 e. The van der Waals surface area contributed by atoms with E-state index < -0.39 is 10.0 Å². The van der Waals surface area contributed by atoms with Crippen LogP contribution in [0.2, 0.25) is 0 Å². The number of benzene rings is 2. The molecule has 1 aliphatic carbocycles. The third kappa shape index (κ3) is 4.39. The summed E-state index contributed by atoms with van der Waals surface area (Å²) in [6, 6.07) is 13.8. The number of hydrogen-bond donors (Lipinski definition) is 1. The van der Waals surface area contributed by atoms with Crippen molar-refractivity contribution in [3.63, 3.8) is 0 Å². The molecule has 2 heterocycles. The molecule has 1 amide bonds. The fourth-order valence-electron chi connectivity index (χ4n) is 4.28.